The van der Waals surface area contributed by atoms with Gasteiger partial charge in [0.2, 0.25) is 0 Å². The first kappa shape index (κ1) is 114. The molecule has 0 unspecified atom stereocenters. The number of benzene rings is 16. The molecular formula is C140H162F2O2. The Morgan fingerprint density at radius 2 is 0.410 bits per heavy atom. The second kappa shape index (κ2) is 50.8. The van der Waals surface area contributed by atoms with Gasteiger partial charge in [-0.25, -0.2) is 0 Å². The Morgan fingerprint density at radius 1 is 0.188 bits per heavy atom. The van der Waals surface area contributed by atoms with E-state index in [2.05, 4.69) is 369 Å². The third-order valence-electron chi connectivity index (χ3n) is 30.8. The average molecular weight is 1910 g/mol. The van der Waals surface area contributed by atoms with Crippen LogP contribution in [0.4, 0.5) is 8.78 Å². The van der Waals surface area contributed by atoms with Crippen molar-refractivity contribution in [1.29, 1.82) is 0 Å². The van der Waals surface area contributed by atoms with Gasteiger partial charge < -0.3 is 0 Å². The van der Waals surface area contributed by atoms with E-state index >= 15 is 0 Å². The molecule has 0 N–H and O–H groups in total. The predicted octanol–water partition coefficient (Wildman–Crippen LogP) is 37.4. The molecule has 16 aromatic carbocycles. The number of rotatable bonds is 16. The van der Waals surface area contributed by atoms with Crippen LogP contribution in [0.2, 0.25) is 0 Å². The number of carbonyl (C=O) groups excluding carboxylic acids is 2. The average Bonchev–Trinajstić information content (AvgIpc) is 0.785. The Bertz CT molecular complexity index is 6810. The first-order valence-corrected chi connectivity index (χ1v) is 51.2. The minimum Gasteiger partial charge on any atom is -0.289 e. The van der Waals surface area contributed by atoms with Crippen LogP contribution in [-0.2, 0) is 36.0 Å². The van der Waals surface area contributed by atoms with Crippen LogP contribution in [0.5, 0.6) is 0 Å². The molecule has 0 saturated carbocycles. The molecule has 0 aromatic heterocycles. The van der Waals surface area contributed by atoms with E-state index in [4.69, 9.17) is 0 Å². The summed E-state index contributed by atoms with van der Waals surface area (Å²) in [5.74, 6) is -2.74. The number of aryl methyl sites for hydroxylation is 28. The summed E-state index contributed by atoms with van der Waals surface area (Å²) in [5, 5.41) is 0. The van der Waals surface area contributed by atoms with E-state index in [1.807, 2.05) is 135 Å². The maximum absolute atomic E-state index is 14.5. The van der Waals surface area contributed by atoms with Crippen LogP contribution in [-0.4, -0.2) is 11.6 Å². The Morgan fingerprint density at radius 3 is 0.701 bits per heavy atom. The van der Waals surface area contributed by atoms with Gasteiger partial charge in [-0.15, -0.1) is 0 Å². The third-order valence-corrected chi connectivity index (χ3v) is 30.8. The van der Waals surface area contributed by atoms with Crippen LogP contribution in [0.15, 0.2) is 291 Å². The fraction of sp³-hybridized carbons (Fsp3) is 0.300. The first-order valence-electron chi connectivity index (χ1n) is 51.2. The van der Waals surface area contributed by atoms with Crippen LogP contribution in [0, 0.1) is 222 Å². The third kappa shape index (κ3) is 30.4. The zero-order valence-electron chi connectivity index (χ0n) is 93.9. The molecule has 748 valence electrons. The normalized spacial score (nSPS) is 11.0. The van der Waals surface area contributed by atoms with Gasteiger partial charge in [-0.1, -0.05) is 289 Å². The van der Waals surface area contributed by atoms with Gasteiger partial charge >= 0.3 is 0 Å². The molecule has 0 radical (unpaired) electrons. The molecule has 16 rings (SSSR count). The topological polar surface area (TPSA) is 34.1 Å². The molecule has 0 bridgehead atoms. The first-order chi connectivity index (χ1) is 67.7. The second-order valence-corrected chi connectivity index (χ2v) is 42.3. The van der Waals surface area contributed by atoms with E-state index in [1.54, 1.807) is 24.3 Å². The largest absolute Gasteiger partial charge is 0.298 e. The highest BCUT2D eigenvalue weighted by Crippen LogP contribution is 2.40. The molecule has 4 heteroatoms. The predicted molar refractivity (Wildman–Crippen MR) is 617 cm³/mol. The van der Waals surface area contributed by atoms with Gasteiger partial charge in [-0.05, 0) is 505 Å². The Balaban J connectivity index is 0.000000183. The second-order valence-electron chi connectivity index (χ2n) is 42.3. The highest BCUT2D eigenvalue weighted by atomic mass is 19.3. The van der Waals surface area contributed by atoms with Crippen molar-refractivity contribution in [1.82, 2.24) is 0 Å². The van der Waals surface area contributed by atoms with Crippen molar-refractivity contribution in [2.45, 2.75) is 285 Å². The van der Waals surface area contributed by atoms with Gasteiger partial charge in [0.25, 0.3) is 5.92 Å². The van der Waals surface area contributed by atoms with Gasteiger partial charge in [-0.2, -0.15) is 8.78 Å². The van der Waals surface area contributed by atoms with Gasteiger partial charge in [0.1, 0.15) is 0 Å². The molecule has 0 amide bonds. The maximum atomic E-state index is 14.5. The number of hydrogen-bond donors (Lipinski definition) is 0. The van der Waals surface area contributed by atoms with Crippen molar-refractivity contribution in [3.05, 3.63) is 558 Å². The van der Waals surface area contributed by atoms with Gasteiger partial charge in [-0.3, -0.25) is 9.59 Å². The molecule has 0 aliphatic rings. The fourth-order valence-corrected chi connectivity index (χ4v) is 17.5. The Labute approximate surface area is 867 Å². The molecule has 2 nitrogen and oxygen atoms in total. The lowest BCUT2D eigenvalue weighted by molar-refractivity contribution is 0.0427. The maximum Gasteiger partial charge on any atom is 0.298 e. The Hall–Kier alpha value is -13.3. The highest BCUT2D eigenvalue weighted by molar-refractivity contribution is 6.10. The van der Waals surface area contributed by atoms with E-state index in [0.29, 0.717) is 0 Å². The van der Waals surface area contributed by atoms with Crippen molar-refractivity contribution in [3.63, 3.8) is 0 Å². The van der Waals surface area contributed by atoms with E-state index in [0.717, 1.165) is 91.6 Å². The molecule has 0 atom stereocenters. The van der Waals surface area contributed by atoms with Crippen LogP contribution in [0.25, 0.3) is 0 Å². The molecular weight excluding hydrogens is 1750 g/mol. The quantitative estimate of drug-likeness (QED) is 0.0904. The minimum atomic E-state index is -2.95. The van der Waals surface area contributed by atoms with E-state index in [1.165, 1.54) is 196 Å². The summed E-state index contributed by atoms with van der Waals surface area (Å²) in [4.78, 5) is 24.9. The molecule has 0 saturated heterocycles. The molecule has 144 heavy (non-hydrogen) atoms. The molecule has 0 spiro atoms. The summed E-state index contributed by atoms with van der Waals surface area (Å²) in [6.45, 7) is 76.8. The summed E-state index contributed by atoms with van der Waals surface area (Å²) in [7, 11) is 0. The van der Waals surface area contributed by atoms with Crippen LogP contribution < -0.4 is 0 Å². The van der Waals surface area contributed by atoms with E-state index in [9.17, 15) is 18.4 Å². The van der Waals surface area contributed by atoms with Crippen molar-refractivity contribution in [2.24, 2.45) is 0 Å². The van der Waals surface area contributed by atoms with Gasteiger partial charge in [0, 0.05) is 44.2 Å². The number of halogens is 2. The summed E-state index contributed by atoms with van der Waals surface area (Å²) < 4.78 is 29.0. The van der Waals surface area contributed by atoms with Crippen LogP contribution >= 0.6 is 0 Å². The van der Waals surface area contributed by atoms with E-state index in [-0.39, 0.29) is 33.5 Å². The van der Waals surface area contributed by atoms with Crippen molar-refractivity contribution in [3.8, 4) is 0 Å². The van der Waals surface area contributed by atoms with Crippen LogP contribution in [0.1, 0.15) is 304 Å². The molecule has 16 aromatic rings. The van der Waals surface area contributed by atoms with Crippen molar-refractivity contribution >= 4 is 11.6 Å². The monoisotopic (exact) mass is 1910 g/mol. The molecule has 0 fully saturated rings. The fourth-order valence-electron chi connectivity index (χ4n) is 17.5. The SMILES string of the molecule is Cc1ccc(C(=O)c2ccc(C)c(C)c2)cc1C.Cc1ccc(C(=O)c2cccc(C)c2C)cc1C.Cc1ccc(C(C)(C)c2ccc(C)c(C)c2)cc1C.Cc1ccc(C(C)(C)c2cccc(C)c2C)cc1C.Cc1ccc(C(F)(F)c2ccc(C)c(C)c2)cc1C.Cc1ccc(Cc2ccc(C)c(C)c2)cc1C.Cc1ccc(Cc2cccc(C)c2C)cc1C.Cc1ccc(Cc2cccc(C)c2C)cc1C. The lowest BCUT2D eigenvalue weighted by Crippen LogP contribution is -2.21. The summed E-state index contributed by atoms with van der Waals surface area (Å²) >= 11 is 0. The lowest BCUT2D eigenvalue weighted by atomic mass is 9.75. The molecule has 0 heterocycles. The summed E-state index contributed by atoms with van der Waals surface area (Å²) in [6, 6.07) is 100. The summed E-state index contributed by atoms with van der Waals surface area (Å²) in [5.41, 5.74) is 58.2. The molecule has 0 aliphatic heterocycles. The van der Waals surface area contributed by atoms with Crippen LogP contribution in [0.3, 0.4) is 0 Å². The van der Waals surface area contributed by atoms with Gasteiger partial charge in [0.15, 0.2) is 11.6 Å². The van der Waals surface area contributed by atoms with Crippen molar-refractivity contribution < 1.29 is 18.4 Å². The Kier molecular flexibility index (Phi) is 40.3. The lowest BCUT2D eigenvalue weighted by Gasteiger charge is -2.29. The van der Waals surface area contributed by atoms with Gasteiger partial charge in [0.05, 0.1) is 0 Å². The van der Waals surface area contributed by atoms with E-state index < -0.39 is 5.92 Å². The number of alkyl halides is 2. The zero-order valence-corrected chi connectivity index (χ0v) is 93.9. The standard InChI is InChI=1S/2C19H24.C17H18F2.2C17H18O.3C17H20/c1-13-7-9-17(11-15(13)3)19(5,6)18-10-8-14(2)16(4)12-18;1-13-10-11-17(12-15(13)3)19(5,6)18-9-7-8-14(2)16(18)4;1-11-5-7-15(9-13(11)3)17(18,19)16-8-6-12(2)14(4)10-16;1-11-5-7-15(9-13(11)3)17(18)16-8-6-12(2)14(4)10-16;1-11-8-9-15(10-13(11)3)17(18)16-7-5-6-12(2)14(16)4;1-12-5-7-16(9-14(12)3)11-17-8-6-13(2)15(4)10-17;2*1-12-8-9-16(10-14(12)3)11-17-7-5-6-13(2)15(17)4/h2*7-12H,1-6H3;5-10H,1-4H3;2*5-10H,1-4H3;3*5-10H,11H2,1-4H3. The molecule has 0 aliphatic carbocycles. The minimum absolute atomic E-state index is 0.0502. The smallest absolute Gasteiger partial charge is 0.289 e. The highest BCUT2D eigenvalue weighted by Gasteiger charge is 2.35. The van der Waals surface area contributed by atoms with Crippen molar-refractivity contribution in [2.75, 3.05) is 0 Å². The number of ketones is 2. The number of hydrogen-bond acceptors (Lipinski definition) is 2. The number of carbonyl (C=O) groups is 2. The zero-order chi connectivity index (χ0) is 106. The summed E-state index contributed by atoms with van der Waals surface area (Å²) in [6.07, 6.45) is 3.10.